The third kappa shape index (κ3) is 4.44. The van der Waals surface area contributed by atoms with Gasteiger partial charge in [-0.15, -0.1) is 0 Å². The first-order valence-corrected chi connectivity index (χ1v) is 12.4. The van der Waals surface area contributed by atoms with Crippen LogP contribution in [0.4, 0.5) is 0 Å². The Labute approximate surface area is 192 Å². The third-order valence-electron chi connectivity index (χ3n) is 6.03. The van der Waals surface area contributed by atoms with Crippen LogP contribution in [-0.4, -0.2) is 74.0 Å². The van der Waals surface area contributed by atoms with Gasteiger partial charge in [-0.3, -0.25) is 9.78 Å². The number of nitrogens with zero attached hydrogens (tertiary/aromatic N) is 3. The normalized spacial score (nSPS) is 19.6. The highest BCUT2D eigenvalue weighted by Crippen LogP contribution is 2.27. The van der Waals surface area contributed by atoms with Gasteiger partial charge in [0.05, 0.1) is 24.7 Å². The number of amides is 1. The largest absolute Gasteiger partial charge is 0.486 e. The molecule has 0 aliphatic carbocycles. The number of pyridine rings is 1. The highest BCUT2D eigenvalue weighted by molar-refractivity contribution is 7.89. The van der Waals surface area contributed by atoms with E-state index in [2.05, 4.69) is 4.98 Å². The molecule has 2 fully saturated rings. The monoisotopic (exact) mass is 467 g/mol. The van der Waals surface area contributed by atoms with Gasteiger partial charge in [-0.1, -0.05) is 18.2 Å². The molecular weight excluding hydrogens is 442 g/mol. The van der Waals surface area contributed by atoms with E-state index < -0.39 is 10.0 Å². The highest BCUT2D eigenvalue weighted by Gasteiger charge is 2.30. The lowest BCUT2D eigenvalue weighted by Gasteiger charge is -2.26. The Bertz CT molecular complexity index is 1250. The molecule has 2 saturated heterocycles. The minimum Gasteiger partial charge on any atom is -0.486 e. The average molecular weight is 468 g/mol. The fourth-order valence-electron chi connectivity index (χ4n) is 4.25. The van der Waals surface area contributed by atoms with Crippen molar-refractivity contribution in [3.8, 4) is 5.75 Å². The zero-order valence-electron chi connectivity index (χ0n) is 18.1. The number of morpholine rings is 1. The summed E-state index contributed by atoms with van der Waals surface area (Å²) in [7, 11) is -3.58. The smallest absolute Gasteiger partial charge is 0.253 e. The number of carbonyl (C=O) groups is 1. The summed E-state index contributed by atoms with van der Waals surface area (Å²) in [5.41, 5.74) is 1.27. The van der Waals surface area contributed by atoms with Crippen molar-refractivity contribution >= 4 is 26.8 Å². The van der Waals surface area contributed by atoms with Crippen molar-refractivity contribution in [2.75, 3.05) is 39.4 Å². The summed E-state index contributed by atoms with van der Waals surface area (Å²) >= 11 is 0. The van der Waals surface area contributed by atoms with Gasteiger partial charge < -0.3 is 14.4 Å². The van der Waals surface area contributed by atoms with Crippen molar-refractivity contribution in [2.45, 2.75) is 17.4 Å². The molecule has 1 amide bonds. The topological polar surface area (TPSA) is 89.0 Å². The van der Waals surface area contributed by atoms with E-state index in [9.17, 15) is 13.2 Å². The SMILES string of the molecule is O=C(c1ccc(S(=O)(=O)N2CCOCC2)cc1)N1CCC(Oc2cccc3cccnc23)C1. The Morgan fingerprint density at radius 3 is 2.55 bits per heavy atom. The molecule has 33 heavy (non-hydrogen) atoms. The summed E-state index contributed by atoms with van der Waals surface area (Å²) in [4.78, 5) is 19.4. The van der Waals surface area contributed by atoms with Crippen molar-refractivity contribution < 1.29 is 22.7 Å². The number of hydrogen-bond acceptors (Lipinski definition) is 6. The minimum absolute atomic E-state index is 0.123. The second-order valence-corrected chi connectivity index (χ2v) is 10.1. The molecule has 0 spiro atoms. The zero-order valence-corrected chi connectivity index (χ0v) is 18.9. The Hall–Kier alpha value is -3.01. The van der Waals surface area contributed by atoms with Gasteiger partial charge in [0.15, 0.2) is 0 Å². The van der Waals surface area contributed by atoms with Crippen LogP contribution in [0.25, 0.3) is 10.9 Å². The van der Waals surface area contributed by atoms with Crippen LogP contribution in [-0.2, 0) is 14.8 Å². The number of rotatable bonds is 5. The van der Waals surface area contributed by atoms with E-state index in [1.165, 1.54) is 16.4 Å². The van der Waals surface area contributed by atoms with Gasteiger partial charge in [-0.2, -0.15) is 4.31 Å². The van der Waals surface area contributed by atoms with Gasteiger partial charge in [0.1, 0.15) is 17.4 Å². The summed E-state index contributed by atoms with van der Waals surface area (Å²) in [6.07, 6.45) is 2.34. The number of likely N-dealkylation sites (tertiary alicyclic amines) is 1. The summed E-state index contributed by atoms with van der Waals surface area (Å²) in [5.74, 6) is 0.581. The molecule has 0 N–H and O–H groups in total. The third-order valence-corrected chi connectivity index (χ3v) is 7.94. The molecule has 172 valence electrons. The van der Waals surface area contributed by atoms with Crippen LogP contribution < -0.4 is 4.74 Å². The Morgan fingerprint density at radius 1 is 1.00 bits per heavy atom. The zero-order chi connectivity index (χ0) is 22.8. The molecule has 3 heterocycles. The number of ether oxygens (including phenoxy) is 2. The lowest BCUT2D eigenvalue weighted by atomic mass is 10.2. The van der Waals surface area contributed by atoms with E-state index in [-0.39, 0.29) is 16.9 Å². The maximum Gasteiger partial charge on any atom is 0.253 e. The average Bonchev–Trinajstić information content (AvgIpc) is 3.33. The first-order valence-electron chi connectivity index (χ1n) is 11.0. The fourth-order valence-corrected chi connectivity index (χ4v) is 5.66. The Morgan fingerprint density at radius 2 is 1.76 bits per heavy atom. The van der Waals surface area contributed by atoms with Crippen LogP contribution >= 0.6 is 0 Å². The fraction of sp³-hybridized carbons (Fsp3) is 0.333. The standard InChI is InChI=1S/C24H25N3O5S/c28-24(19-6-8-21(9-7-19)33(29,30)27-13-15-31-16-14-27)26-12-10-20(17-26)32-22-5-1-3-18-4-2-11-25-23(18)22/h1-9,11,20H,10,12-17H2. The van der Waals surface area contributed by atoms with E-state index in [4.69, 9.17) is 9.47 Å². The molecule has 5 rings (SSSR count). The van der Waals surface area contributed by atoms with Crippen molar-refractivity contribution in [3.63, 3.8) is 0 Å². The molecule has 2 aromatic carbocycles. The predicted octanol–water partition coefficient (Wildman–Crippen LogP) is 2.55. The molecule has 9 heteroatoms. The first-order chi connectivity index (χ1) is 16.0. The van der Waals surface area contributed by atoms with Crippen LogP contribution in [0.5, 0.6) is 5.75 Å². The van der Waals surface area contributed by atoms with Gasteiger partial charge in [0.25, 0.3) is 5.91 Å². The van der Waals surface area contributed by atoms with Crippen LogP contribution in [0.3, 0.4) is 0 Å². The molecule has 1 atom stereocenters. The van der Waals surface area contributed by atoms with Gasteiger partial charge in [-0.25, -0.2) is 8.42 Å². The maximum atomic E-state index is 13.0. The lowest BCUT2D eigenvalue weighted by Crippen LogP contribution is -2.40. The molecule has 2 aliphatic heterocycles. The van der Waals surface area contributed by atoms with E-state index in [1.54, 1.807) is 23.2 Å². The number of fused-ring (bicyclic) bond motifs is 1. The second-order valence-electron chi connectivity index (χ2n) is 8.15. The maximum absolute atomic E-state index is 13.0. The molecule has 0 bridgehead atoms. The Kier molecular flexibility index (Phi) is 6.01. The molecule has 1 unspecified atom stereocenters. The molecular formula is C24H25N3O5S. The van der Waals surface area contributed by atoms with Crippen LogP contribution in [0.15, 0.2) is 65.7 Å². The summed E-state index contributed by atoms with van der Waals surface area (Å²) in [6, 6.07) is 15.9. The lowest BCUT2D eigenvalue weighted by molar-refractivity contribution is 0.0730. The number of hydrogen-bond donors (Lipinski definition) is 0. The van der Waals surface area contributed by atoms with Gasteiger partial charge >= 0.3 is 0 Å². The van der Waals surface area contributed by atoms with E-state index >= 15 is 0 Å². The number of sulfonamides is 1. The minimum atomic E-state index is -3.58. The number of carbonyl (C=O) groups excluding carboxylic acids is 1. The van der Waals surface area contributed by atoms with Crippen molar-refractivity contribution in [3.05, 3.63) is 66.4 Å². The van der Waals surface area contributed by atoms with E-state index in [1.807, 2.05) is 30.3 Å². The number of aromatic nitrogens is 1. The second kappa shape index (κ2) is 9.09. The van der Waals surface area contributed by atoms with Crippen LogP contribution in [0.1, 0.15) is 16.8 Å². The molecule has 0 radical (unpaired) electrons. The van der Waals surface area contributed by atoms with Gasteiger partial charge in [0, 0.05) is 43.2 Å². The number of para-hydroxylation sites is 1. The molecule has 2 aliphatic rings. The van der Waals surface area contributed by atoms with Crippen LogP contribution in [0.2, 0.25) is 0 Å². The van der Waals surface area contributed by atoms with Crippen molar-refractivity contribution in [1.29, 1.82) is 0 Å². The first kappa shape index (κ1) is 21.8. The van der Waals surface area contributed by atoms with E-state index in [0.29, 0.717) is 50.7 Å². The molecule has 1 aromatic heterocycles. The van der Waals surface area contributed by atoms with Gasteiger partial charge in [-0.05, 0) is 36.4 Å². The van der Waals surface area contributed by atoms with E-state index in [0.717, 1.165) is 17.3 Å². The van der Waals surface area contributed by atoms with Gasteiger partial charge in [0.2, 0.25) is 10.0 Å². The molecule has 0 saturated carbocycles. The van der Waals surface area contributed by atoms with Crippen molar-refractivity contribution in [2.24, 2.45) is 0 Å². The highest BCUT2D eigenvalue weighted by atomic mass is 32.2. The Balaban J connectivity index is 1.25. The quantitative estimate of drug-likeness (QED) is 0.573. The summed E-state index contributed by atoms with van der Waals surface area (Å²) in [5, 5.41) is 1.01. The molecule has 8 nitrogen and oxygen atoms in total. The summed E-state index contributed by atoms with van der Waals surface area (Å²) < 4.78 is 38.4. The van der Waals surface area contributed by atoms with Crippen molar-refractivity contribution in [1.82, 2.24) is 14.2 Å². The molecule has 3 aromatic rings. The van der Waals surface area contributed by atoms with Crippen LogP contribution in [0, 0.1) is 0 Å². The predicted molar refractivity (Wildman–Crippen MR) is 123 cm³/mol. The number of benzene rings is 2. The summed E-state index contributed by atoms with van der Waals surface area (Å²) in [6.45, 7) is 2.51.